The van der Waals surface area contributed by atoms with Gasteiger partial charge in [-0.25, -0.2) is 0 Å². The third-order valence-corrected chi connectivity index (χ3v) is 12.4. The van der Waals surface area contributed by atoms with Gasteiger partial charge in [0.2, 0.25) is 0 Å². The van der Waals surface area contributed by atoms with E-state index in [1.807, 2.05) is 11.3 Å². The van der Waals surface area contributed by atoms with Gasteiger partial charge < -0.3 is 9.32 Å². The van der Waals surface area contributed by atoms with E-state index >= 15 is 0 Å². The first-order chi connectivity index (χ1) is 25.5. The van der Waals surface area contributed by atoms with E-state index in [0.29, 0.717) is 0 Å². The minimum absolute atomic E-state index is 0.0449. The molecule has 0 atom stereocenters. The van der Waals surface area contributed by atoms with Crippen molar-refractivity contribution in [1.29, 1.82) is 0 Å². The fourth-order valence-electron chi connectivity index (χ4n) is 8.75. The maximum Gasteiger partial charge on any atom is 0.159 e. The van der Waals surface area contributed by atoms with E-state index in [9.17, 15) is 0 Å². The summed E-state index contributed by atoms with van der Waals surface area (Å²) in [5, 5.41) is 7.12. The average molecular weight is 684 g/mol. The quantitative estimate of drug-likeness (QED) is 0.184. The Balaban J connectivity index is 1.18. The zero-order chi connectivity index (χ0) is 34.6. The summed E-state index contributed by atoms with van der Waals surface area (Å²) in [6.07, 6.45) is 0. The molecule has 2 nitrogen and oxygen atoms in total. The molecular weight excluding hydrogens is 651 g/mol. The molecular formula is C49H33NOS. The second kappa shape index (κ2) is 10.9. The first-order valence-corrected chi connectivity index (χ1v) is 18.7. The largest absolute Gasteiger partial charge is 0.453 e. The summed E-state index contributed by atoms with van der Waals surface area (Å²) in [6.45, 7) is 4.68. The number of benzene rings is 8. The van der Waals surface area contributed by atoms with E-state index in [-0.39, 0.29) is 5.41 Å². The molecule has 8 aromatic carbocycles. The molecule has 11 rings (SSSR count). The van der Waals surface area contributed by atoms with E-state index < -0.39 is 0 Å². The summed E-state index contributed by atoms with van der Waals surface area (Å²) in [6, 6.07) is 59.9. The van der Waals surface area contributed by atoms with Gasteiger partial charge in [-0.15, -0.1) is 11.3 Å². The van der Waals surface area contributed by atoms with Crippen LogP contribution >= 0.6 is 11.3 Å². The van der Waals surface area contributed by atoms with Gasteiger partial charge in [0, 0.05) is 53.0 Å². The van der Waals surface area contributed by atoms with Gasteiger partial charge in [0.1, 0.15) is 5.58 Å². The zero-order valence-electron chi connectivity index (χ0n) is 28.9. The van der Waals surface area contributed by atoms with Gasteiger partial charge in [-0.1, -0.05) is 135 Å². The number of furan rings is 1. The molecule has 0 spiro atoms. The molecule has 10 aromatic rings. The highest BCUT2D eigenvalue weighted by Crippen LogP contribution is 2.52. The van der Waals surface area contributed by atoms with Crippen LogP contribution in [0.5, 0.6) is 0 Å². The minimum atomic E-state index is -0.0449. The third kappa shape index (κ3) is 4.17. The first-order valence-electron chi connectivity index (χ1n) is 17.9. The van der Waals surface area contributed by atoms with E-state index in [4.69, 9.17) is 4.42 Å². The number of rotatable bonds is 4. The molecule has 0 radical (unpaired) electrons. The monoisotopic (exact) mass is 683 g/mol. The van der Waals surface area contributed by atoms with Gasteiger partial charge in [-0.2, -0.15) is 0 Å². The Kier molecular flexibility index (Phi) is 6.21. The van der Waals surface area contributed by atoms with Crippen molar-refractivity contribution in [3.63, 3.8) is 0 Å². The van der Waals surface area contributed by atoms with Crippen molar-refractivity contribution in [2.24, 2.45) is 0 Å². The maximum absolute atomic E-state index is 6.99. The van der Waals surface area contributed by atoms with Crippen molar-refractivity contribution in [2.75, 3.05) is 4.90 Å². The van der Waals surface area contributed by atoms with Crippen LogP contribution in [0.3, 0.4) is 0 Å². The van der Waals surface area contributed by atoms with E-state index in [1.165, 1.54) is 58.9 Å². The Morgan fingerprint density at radius 3 is 2.06 bits per heavy atom. The first kappa shape index (κ1) is 29.6. The minimum Gasteiger partial charge on any atom is -0.453 e. The molecule has 0 amide bonds. The normalized spacial score (nSPS) is 13.3. The third-order valence-electron chi connectivity index (χ3n) is 11.3. The van der Waals surface area contributed by atoms with Gasteiger partial charge in [0.25, 0.3) is 0 Å². The van der Waals surface area contributed by atoms with Crippen LogP contribution in [0.15, 0.2) is 168 Å². The van der Waals surface area contributed by atoms with Gasteiger partial charge in [0.15, 0.2) is 5.58 Å². The second-order valence-corrected chi connectivity index (χ2v) is 15.6. The van der Waals surface area contributed by atoms with Crippen molar-refractivity contribution in [2.45, 2.75) is 19.3 Å². The van der Waals surface area contributed by atoms with Gasteiger partial charge in [0.05, 0.1) is 11.4 Å². The SMILES string of the molecule is CC1(C)c2ccccc2-c2cc(-c3ccccc3N(c3ccc4c(c3)sc3ccccc34)c3cccc4c3oc3c5ccccc5ccc43)ccc21. The predicted octanol–water partition coefficient (Wildman–Crippen LogP) is 14.6. The molecule has 0 fully saturated rings. The summed E-state index contributed by atoms with van der Waals surface area (Å²) in [5.74, 6) is 0. The topological polar surface area (TPSA) is 16.4 Å². The summed E-state index contributed by atoms with van der Waals surface area (Å²) in [7, 11) is 0. The molecule has 0 unspecified atom stereocenters. The molecule has 246 valence electrons. The average Bonchev–Trinajstić information content (AvgIpc) is 3.83. The number of fused-ring (bicyclic) bond motifs is 11. The fourth-order valence-corrected chi connectivity index (χ4v) is 9.89. The lowest BCUT2D eigenvalue weighted by Gasteiger charge is -2.28. The van der Waals surface area contributed by atoms with Crippen molar-refractivity contribution < 1.29 is 4.42 Å². The lowest BCUT2D eigenvalue weighted by Crippen LogP contribution is -2.14. The maximum atomic E-state index is 6.99. The molecule has 52 heavy (non-hydrogen) atoms. The van der Waals surface area contributed by atoms with Crippen LogP contribution in [0.2, 0.25) is 0 Å². The molecule has 0 N–H and O–H groups in total. The number of thiophene rings is 1. The number of nitrogens with zero attached hydrogens (tertiary/aromatic N) is 1. The Hall–Kier alpha value is -6.16. The van der Waals surface area contributed by atoms with Crippen molar-refractivity contribution in [1.82, 2.24) is 0 Å². The van der Waals surface area contributed by atoms with Crippen LogP contribution in [-0.2, 0) is 5.41 Å². The fraction of sp³-hybridized carbons (Fsp3) is 0.0612. The predicted molar refractivity (Wildman–Crippen MR) is 222 cm³/mol. The van der Waals surface area contributed by atoms with Gasteiger partial charge >= 0.3 is 0 Å². The Morgan fingerprint density at radius 1 is 0.462 bits per heavy atom. The Bertz CT molecular complexity index is 3070. The number of para-hydroxylation sites is 2. The highest BCUT2D eigenvalue weighted by atomic mass is 32.1. The number of anilines is 3. The Morgan fingerprint density at radius 2 is 1.13 bits per heavy atom. The van der Waals surface area contributed by atoms with Crippen molar-refractivity contribution >= 4 is 81.3 Å². The lowest BCUT2D eigenvalue weighted by atomic mass is 9.82. The van der Waals surface area contributed by atoms with Crippen LogP contribution in [0, 0.1) is 0 Å². The standard InChI is InChI=1S/C49H33NOS/c1-49(2)41-18-8-5-15-35(41)40-28-31(23-27-42(40)49)33-13-6-9-19-43(33)50(32-24-26-37-36-16-7-10-21-45(36)52-46(37)29-32)44-20-11-17-38-39-25-22-30-12-3-4-14-34(30)47(39)51-48(38)44/h3-29H,1-2H3. The molecule has 0 saturated heterocycles. The van der Waals surface area contributed by atoms with Crippen LogP contribution in [0.4, 0.5) is 17.1 Å². The number of hydrogen-bond acceptors (Lipinski definition) is 3. The zero-order valence-corrected chi connectivity index (χ0v) is 29.7. The summed E-state index contributed by atoms with van der Waals surface area (Å²) in [5.41, 5.74) is 12.7. The molecule has 0 aliphatic heterocycles. The molecule has 0 bridgehead atoms. The van der Waals surface area contributed by atoms with Crippen LogP contribution in [-0.4, -0.2) is 0 Å². The molecule has 2 heterocycles. The molecule has 3 heteroatoms. The highest BCUT2D eigenvalue weighted by Gasteiger charge is 2.35. The molecule has 1 aliphatic carbocycles. The van der Waals surface area contributed by atoms with E-state index in [1.54, 1.807) is 0 Å². The van der Waals surface area contributed by atoms with Crippen molar-refractivity contribution in [3.8, 4) is 22.3 Å². The molecule has 0 saturated carbocycles. The molecule has 2 aromatic heterocycles. The second-order valence-electron chi connectivity index (χ2n) is 14.5. The molecule has 1 aliphatic rings. The van der Waals surface area contributed by atoms with Crippen LogP contribution in [0.25, 0.3) is 75.1 Å². The lowest BCUT2D eigenvalue weighted by molar-refractivity contribution is 0.660. The smallest absolute Gasteiger partial charge is 0.159 e. The van der Waals surface area contributed by atoms with Crippen LogP contribution in [0.1, 0.15) is 25.0 Å². The highest BCUT2D eigenvalue weighted by molar-refractivity contribution is 7.25. The number of hydrogen-bond donors (Lipinski definition) is 0. The summed E-state index contributed by atoms with van der Waals surface area (Å²) < 4.78 is 9.55. The van der Waals surface area contributed by atoms with Gasteiger partial charge in [-0.3, -0.25) is 0 Å². The summed E-state index contributed by atoms with van der Waals surface area (Å²) >= 11 is 1.85. The summed E-state index contributed by atoms with van der Waals surface area (Å²) in [4.78, 5) is 2.41. The Labute approximate surface area is 305 Å². The van der Waals surface area contributed by atoms with E-state index in [2.05, 4.69) is 183 Å². The van der Waals surface area contributed by atoms with Crippen molar-refractivity contribution in [3.05, 3.63) is 175 Å². The van der Waals surface area contributed by atoms with Gasteiger partial charge in [-0.05, 0) is 75.7 Å². The van der Waals surface area contributed by atoms with E-state index in [0.717, 1.165) is 44.4 Å². The van der Waals surface area contributed by atoms with Crippen LogP contribution < -0.4 is 4.90 Å².